The second-order valence-electron chi connectivity index (χ2n) is 5.43. The summed E-state index contributed by atoms with van der Waals surface area (Å²) in [5.74, 6) is 0.813. The first-order valence-corrected chi connectivity index (χ1v) is 7.28. The van der Waals surface area contributed by atoms with Crippen LogP contribution in [0.1, 0.15) is 39.0 Å². The monoisotopic (exact) mass is 241 g/mol. The number of morpholine rings is 1. The highest BCUT2D eigenvalue weighted by Gasteiger charge is 2.20. The quantitative estimate of drug-likeness (QED) is 0.737. The van der Waals surface area contributed by atoms with Crippen LogP contribution in [0.25, 0.3) is 0 Å². The maximum Gasteiger partial charge on any atom is 0.0597 e. The zero-order chi connectivity index (χ0) is 11.9. The van der Waals surface area contributed by atoms with E-state index < -0.39 is 0 Å². The van der Waals surface area contributed by atoms with Crippen molar-refractivity contribution in [1.82, 2.24) is 4.90 Å². The van der Waals surface area contributed by atoms with Gasteiger partial charge in [-0.15, -0.1) is 0 Å². The van der Waals surface area contributed by atoms with Gasteiger partial charge in [0.05, 0.1) is 25.9 Å². The summed E-state index contributed by atoms with van der Waals surface area (Å²) < 4.78 is 11.3. The van der Waals surface area contributed by atoms with E-state index in [1.165, 1.54) is 32.1 Å². The van der Waals surface area contributed by atoms with Crippen molar-refractivity contribution in [2.24, 2.45) is 5.92 Å². The minimum atomic E-state index is 0.455. The van der Waals surface area contributed by atoms with Crippen molar-refractivity contribution in [2.45, 2.75) is 45.1 Å². The van der Waals surface area contributed by atoms with Gasteiger partial charge in [-0.1, -0.05) is 19.3 Å². The Balaban J connectivity index is 1.57. The summed E-state index contributed by atoms with van der Waals surface area (Å²) in [7, 11) is 0. The van der Waals surface area contributed by atoms with Crippen molar-refractivity contribution >= 4 is 0 Å². The molecule has 1 unspecified atom stereocenters. The molecule has 3 heteroatoms. The highest BCUT2D eigenvalue weighted by molar-refractivity contribution is 4.71. The summed E-state index contributed by atoms with van der Waals surface area (Å²) in [4.78, 5) is 2.44. The third kappa shape index (κ3) is 4.57. The van der Waals surface area contributed by atoms with Gasteiger partial charge in [0.15, 0.2) is 0 Å². The van der Waals surface area contributed by atoms with Gasteiger partial charge in [-0.25, -0.2) is 0 Å². The fourth-order valence-electron chi connectivity index (χ4n) is 2.93. The van der Waals surface area contributed by atoms with Gasteiger partial charge >= 0.3 is 0 Å². The summed E-state index contributed by atoms with van der Waals surface area (Å²) in [5.41, 5.74) is 0. The predicted molar refractivity (Wildman–Crippen MR) is 69.2 cm³/mol. The Morgan fingerprint density at radius 2 is 1.88 bits per heavy atom. The third-order valence-corrected chi connectivity index (χ3v) is 4.21. The number of rotatable bonds is 5. The minimum absolute atomic E-state index is 0.455. The maximum absolute atomic E-state index is 6.00. The number of hydrogen-bond acceptors (Lipinski definition) is 3. The van der Waals surface area contributed by atoms with E-state index in [1.807, 2.05) is 0 Å². The van der Waals surface area contributed by atoms with Gasteiger partial charge in [0.25, 0.3) is 0 Å². The van der Waals surface area contributed by atoms with Crippen LogP contribution >= 0.6 is 0 Å². The largest absolute Gasteiger partial charge is 0.379 e. The number of ether oxygens (including phenoxy) is 2. The molecule has 0 amide bonds. The molecule has 3 nitrogen and oxygen atoms in total. The Morgan fingerprint density at radius 3 is 2.59 bits per heavy atom. The Kier molecular flexibility index (Phi) is 5.75. The zero-order valence-corrected chi connectivity index (χ0v) is 11.2. The molecule has 1 saturated heterocycles. The molecule has 1 heterocycles. The van der Waals surface area contributed by atoms with Crippen molar-refractivity contribution in [1.29, 1.82) is 0 Å². The van der Waals surface area contributed by atoms with Crippen LogP contribution in [0, 0.1) is 5.92 Å². The average molecular weight is 241 g/mol. The van der Waals surface area contributed by atoms with Gasteiger partial charge in [-0.2, -0.15) is 0 Å². The van der Waals surface area contributed by atoms with Gasteiger partial charge in [-0.3, -0.25) is 4.90 Å². The highest BCUT2D eigenvalue weighted by Crippen LogP contribution is 2.27. The number of hydrogen-bond donors (Lipinski definition) is 0. The lowest BCUT2D eigenvalue weighted by Crippen LogP contribution is -2.39. The SMILES string of the molecule is CC(OCCN1CCOCC1)C1CCCCC1. The fraction of sp³-hybridized carbons (Fsp3) is 1.00. The van der Waals surface area contributed by atoms with Crippen LogP contribution < -0.4 is 0 Å². The summed E-state index contributed by atoms with van der Waals surface area (Å²) in [5, 5.41) is 0. The van der Waals surface area contributed by atoms with Gasteiger partial charge in [0.1, 0.15) is 0 Å². The van der Waals surface area contributed by atoms with Crippen LogP contribution in [0.2, 0.25) is 0 Å². The van der Waals surface area contributed by atoms with E-state index in [9.17, 15) is 0 Å². The van der Waals surface area contributed by atoms with Crippen LogP contribution in [0.5, 0.6) is 0 Å². The Labute approximate surface area is 105 Å². The molecular formula is C14H27NO2. The minimum Gasteiger partial charge on any atom is -0.379 e. The molecule has 2 rings (SSSR count). The molecule has 2 aliphatic rings. The summed E-state index contributed by atoms with van der Waals surface area (Å²) >= 11 is 0. The molecule has 1 aliphatic carbocycles. The van der Waals surface area contributed by atoms with E-state index in [0.29, 0.717) is 6.10 Å². The molecule has 0 N–H and O–H groups in total. The van der Waals surface area contributed by atoms with Crippen LogP contribution in [-0.2, 0) is 9.47 Å². The molecule has 0 aromatic rings. The van der Waals surface area contributed by atoms with E-state index in [2.05, 4.69) is 11.8 Å². The van der Waals surface area contributed by atoms with Gasteiger partial charge < -0.3 is 9.47 Å². The molecular weight excluding hydrogens is 214 g/mol. The Bertz CT molecular complexity index is 198. The van der Waals surface area contributed by atoms with Crippen molar-refractivity contribution < 1.29 is 9.47 Å². The Morgan fingerprint density at radius 1 is 1.18 bits per heavy atom. The van der Waals surface area contributed by atoms with E-state index in [1.54, 1.807) is 0 Å². The van der Waals surface area contributed by atoms with Crippen LogP contribution in [0.4, 0.5) is 0 Å². The van der Waals surface area contributed by atoms with Crippen LogP contribution in [-0.4, -0.2) is 50.5 Å². The first-order chi connectivity index (χ1) is 8.36. The van der Waals surface area contributed by atoms with E-state index in [-0.39, 0.29) is 0 Å². The van der Waals surface area contributed by atoms with Crippen molar-refractivity contribution in [2.75, 3.05) is 39.5 Å². The number of nitrogens with zero attached hydrogens (tertiary/aromatic N) is 1. The molecule has 2 fully saturated rings. The summed E-state index contributed by atoms with van der Waals surface area (Å²) in [6.45, 7) is 8.13. The molecule has 0 spiro atoms. The second kappa shape index (κ2) is 7.34. The first kappa shape index (κ1) is 13.3. The van der Waals surface area contributed by atoms with Gasteiger partial charge in [0, 0.05) is 19.6 Å². The lowest BCUT2D eigenvalue weighted by Gasteiger charge is -2.30. The molecule has 0 radical (unpaired) electrons. The maximum atomic E-state index is 6.00. The van der Waals surface area contributed by atoms with E-state index >= 15 is 0 Å². The molecule has 17 heavy (non-hydrogen) atoms. The molecule has 100 valence electrons. The lowest BCUT2D eigenvalue weighted by molar-refractivity contribution is -0.0161. The zero-order valence-electron chi connectivity index (χ0n) is 11.2. The normalized spacial score (nSPS) is 25.9. The average Bonchev–Trinajstić information content (AvgIpc) is 2.41. The second-order valence-corrected chi connectivity index (χ2v) is 5.43. The summed E-state index contributed by atoms with van der Waals surface area (Å²) in [6.07, 6.45) is 7.44. The predicted octanol–water partition coefficient (Wildman–Crippen LogP) is 2.30. The highest BCUT2D eigenvalue weighted by atomic mass is 16.5. The lowest BCUT2D eigenvalue weighted by atomic mass is 9.86. The molecule has 1 atom stereocenters. The Hall–Kier alpha value is -0.120. The van der Waals surface area contributed by atoms with Crippen molar-refractivity contribution in [3.63, 3.8) is 0 Å². The standard InChI is InChI=1S/C14H27NO2/c1-13(14-5-3-2-4-6-14)17-12-9-15-7-10-16-11-8-15/h13-14H,2-12H2,1H3. The molecule has 0 bridgehead atoms. The molecule has 0 aromatic carbocycles. The van der Waals surface area contributed by atoms with E-state index in [0.717, 1.165) is 45.4 Å². The topological polar surface area (TPSA) is 21.7 Å². The molecule has 0 aromatic heterocycles. The molecule has 1 aliphatic heterocycles. The molecule has 1 saturated carbocycles. The van der Waals surface area contributed by atoms with E-state index in [4.69, 9.17) is 9.47 Å². The van der Waals surface area contributed by atoms with Crippen LogP contribution in [0.3, 0.4) is 0 Å². The third-order valence-electron chi connectivity index (χ3n) is 4.21. The van der Waals surface area contributed by atoms with Crippen molar-refractivity contribution in [3.05, 3.63) is 0 Å². The van der Waals surface area contributed by atoms with Crippen molar-refractivity contribution in [3.8, 4) is 0 Å². The van der Waals surface area contributed by atoms with Gasteiger partial charge in [0.2, 0.25) is 0 Å². The van der Waals surface area contributed by atoms with Crippen LogP contribution in [0.15, 0.2) is 0 Å². The van der Waals surface area contributed by atoms with Gasteiger partial charge in [-0.05, 0) is 25.7 Å². The fourth-order valence-corrected chi connectivity index (χ4v) is 2.93. The first-order valence-electron chi connectivity index (χ1n) is 7.28. The smallest absolute Gasteiger partial charge is 0.0597 e. The summed E-state index contributed by atoms with van der Waals surface area (Å²) in [6, 6.07) is 0.